The Morgan fingerprint density at radius 3 is 2.43 bits per heavy atom. The molecule has 21 heavy (non-hydrogen) atoms. The number of nitrogens with zero attached hydrogens (tertiary/aromatic N) is 1. The molecule has 3 amide bonds. The molecule has 1 aliphatic heterocycles. The molecule has 0 saturated carbocycles. The highest BCUT2D eigenvalue weighted by molar-refractivity contribution is 5.82. The summed E-state index contributed by atoms with van der Waals surface area (Å²) in [7, 11) is 3.43. The predicted molar refractivity (Wildman–Crippen MR) is 82.9 cm³/mol. The lowest BCUT2D eigenvalue weighted by atomic mass is 10.0. The van der Waals surface area contributed by atoms with E-state index in [4.69, 9.17) is 5.73 Å². The second-order valence-electron chi connectivity index (χ2n) is 5.45. The quantitative estimate of drug-likeness (QED) is 0.482. The van der Waals surface area contributed by atoms with Crippen LogP contribution in [0.25, 0.3) is 0 Å². The number of hydrogen-bond acceptors (Lipinski definition) is 4. The number of carbonyl (C=O) groups is 2. The van der Waals surface area contributed by atoms with Gasteiger partial charge in [-0.2, -0.15) is 0 Å². The Morgan fingerprint density at radius 2 is 1.90 bits per heavy atom. The van der Waals surface area contributed by atoms with Crippen molar-refractivity contribution in [3.63, 3.8) is 0 Å². The molecule has 5 N–H and O–H groups in total. The van der Waals surface area contributed by atoms with Gasteiger partial charge in [-0.15, -0.1) is 0 Å². The Kier molecular flexibility index (Phi) is 8.07. The molecule has 1 aliphatic rings. The Labute approximate surface area is 127 Å². The fourth-order valence-corrected chi connectivity index (χ4v) is 2.61. The number of nitrogens with one attached hydrogen (secondary N) is 3. The van der Waals surface area contributed by atoms with E-state index in [0.29, 0.717) is 19.6 Å². The van der Waals surface area contributed by atoms with Crippen LogP contribution in [0.4, 0.5) is 4.79 Å². The molecule has 0 aromatic carbocycles. The number of rotatable bonds is 7. The molecule has 0 aliphatic carbocycles. The smallest absolute Gasteiger partial charge is 0.314 e. The van der Waals surface area contributed by atoms with E-state index in [9.17, 15) is 9.59 Å². The molecule has 1 fully saturated rings. The molecule has 0 radical (unpaired) electrons. The average molecular weight is 299 g/mol. The SMILES string of the molecule is CNC(=O)NC1CCN(C(=O)C(CCCCN)NC)CC1. The molecule has 0 aromatic heterocycles. The Morgan fingerprint density at radius 1 is 1.24 bits per heavy atom. The zero-order chi connectivity index (χ0) is 15.7. The third-order valence-electron chi connectivity index (χ3n) is 3.96. The highest BCUT2D eigenvalue weighted by Gasteiger charge is 2.27. The Balaban J connectivity index is 2.37. The van der Waals surface area contributed by atoms with Crippen molar-refractivity contribution in [2.24, 2.45) is 5.73 Å². The van der Waals surface area contributed by atoms with Crippen LogP contribution in [0, 0.1) is 0 Å². The van der Waals surface area contributed by atoms with Crippen LogP contribution < -0.4 is 21.7 Å². The number of likely N-dealkylation sites (N-methyl/N-ethyl adjacent to an activating group) is 1. The number of amides is 3. The minimum absolute atomic E-state index is 0.125. The summed E-state index contributed by atoms with van der Waals surface area (Å²) in [6, 6.07) is -0.131. The van der Waals surface area contributed by atoms with Crippen molar-refractivity contribution >= 4 is 11.9 Å². The van der Waals surface area contributed by atoms with Gasteiger partial charge < -0.3 is 26.6 Å². The first kappa shape index (κ1) is 17.7. The van der Waals surface area contributed by atoms with Crippen LogP contribution in [0.3, 0.4) is 0 Å². The van der Waals surface area contributed by atoms with Gasteiger partial charge in [0, 0.05) is 26.2 Å². The van der Waals surface area contributed by atoms with Gasteiger partial charge >= 0.3 is 6.03 Å². The third-order valence-corrected chi connectivity index (χ3v) is 3.96. The predicted octanol–water partition coefficient (Wildman–Crippen LogP) is -0.377. The largest absolute Gasteiger partial charge is 0.341 e. The van der Waals surface area contributed by atoms with Crippen LogP contribution in [0.2, 0.25) is 0 Å². The van der Waals surface area contributed by atoms with Gasteiger partial charge in [0.15, 0.2) is 0 Å². The van der Waals surface area contributed by atoms with Crippen molar-refractivity contribution < 1.29 is 9.59 Å². The van der Waals surface area contributed by atoms with Crippen LogP contribution in [0.5, 0.6) is 0 Å². The first-order valence-electron chi connectivity index (χ1n) is 7.76. The average Bonchev–Trinajstić information content (AvgIpc) is 2.51. The number of carbonyl (C=O) groups excluding carboxylic acids is 2. The van der Waals surface area contributed by atoms with E-state index in [-0.39, 0.29) is 24.0 Å². The first-order chi connectivity index (χ1) is 10.1. The minimum atomic E-state index is -0.158. The van der Waals surface area contributed by atoms with Crippen molar-refractivity contribution in [1.82, 2.24) is 20.9 Å². The molecule has 7 heteroatoms. The summed E-state index contributed by atoms with van der Waals surface area (Å²) in [5, 5.41) is 8.55. The second kappa shape index (κ2) is 9.57. The van der Waals surface area contributed by atoms with Gasteiger partial charge in [0.05, 0.1) is 6.04 Å². The molecular formula is C14H29N5O2. The van der Waals surface area contributed by atoms with Crippen molar-refractivity contribution in [2.75, 3.05) is 33.7 Å². The number of nitrogens with two attached hydrogens (primary N) is 1. The van der Waals surface area contributed by atoms with Crippen molar-refractivity contribution in [3.05, 3.63) is 0 Å². The summed E-state index contributed by atoms with van der Waals surface area (Å²) < 4.78 is 0. The summed E-state index contributed by atoms with van der Waals surface area (Å²) >= 11 is 0. The molecule has 1 unspecified atom stereocenters. The standard InChI is InChI=1S/C14H29N5O2/c1-16-12(5-3-4-8-15)13(20)19-9-6-11(7-10-19)18-14(21)17-2/h11-12,16H,3-10,15H2,1-2H3,(H2,17,18,21). The van der Waals surface area contributed by atoms with E-state index in [0.717, 1.165) is 32.1 Å². The zero-order valence-electron chi connectivity index (χ0n) is 13.2. The van der Waals surface area contributed by atoms with E-state index in [1.165, 1.54) is 0 Å². The maximum atomic E-state index is 12.4. The van der Waals surface area contributed by atoms with Gasteiger partial charge in [0.1, 0.15) is 0 Å². The molecule has 1 saturated heterocycles. The monoisotopic (exact) mass is 299 g/mol. The van der Waals surface area contributed by atoms with Gasteiger partial charge in [0.2, 0.25) is 5.91 Å². The second-order valence-corrected chi connectivity index (χ2v) is 5.45. The molecule has 7 nitrogen and oxygen atoms in total. The fraction of sp³-hybridized carbons (Fsp3) is 0.857. The van der Waals surface area contributed by atoms with Crippen LogP contribution >= 0.6 is 0 Å². The Bertz CT molecular complexity index is 329. The maximum Gasteiger partial charge on any atom is 0.314 e. The van der Waals surface area contributed by atoms with Crippen LogP contribution in [-0.4, -0.2) is 62.7 Å². The highest BCUT2D eigenvalue weighted by Crippen LogP contribution is 2.13. The zero-order valence-corrected chi connectivity index (χ0v) is 13.2. The molecule has 122 valence electrons. The summed E-state index contributed by atoms with van der Waals surface area (Å²) in [4.78, 5) is 25.6. The van der Waals surface area contributed by atoms with Gasteiger partial charge in [-0.25, -0.2) is 4.79 Å². The van der Waals surface area contributed by atoms with Crippen LogP contribution in [-0.2, 0) is 4.79 Å². The van der Waals surface area contributed by atoms with Gasteiger partial charge in [0.25, 0.3) is 0 Å². The molecular weight excluding hydrogens is 270 g/mol. The number of unbranched alkanes of at least 4 members (excludes halogenated alkanes) is 1. The maximum absolute atomic E-state index is 12.4. The van der Waals surface area contributed by atoms with Crippen molar-refractivity contribution in [3.8, 4) is 0 Å². The minimum Gasteiger partial charge on any atom is -0.341 e. The normalized spacial score (nSPS) is 17.4. The molecule has 1 rings (SSSR count). The number of hydrogen-bond donors (Lipinski definition) is 4. The summed E-state index contributed by atoms with van der Waals surface area (Å²) in [6.07, 6.45) is 4.34. The van der Waals surface area contributed by atoms with Crippen LogP contribution in [0.15, 0.2) is 0 Å². The van der Waals surface area contributed by atoms with Crippen molar-refractivity contribution in [1.29, 1.82) is 0 Å². The summed E-state index contributed by atoms with van der Waals surface area (Å²) in [6.45, 7) is 2.06. The highest BCUT2D eigenvalue weighted by atomic mass is 16.2. The first-order valence-corrected chi connectivity index (χ1v) is 7.76. The molecule has 0 bridgehead atoms. The van der Waals surface area contributed by atoms with E-state index in [1.807, 2.05) is 11.9 Å². The van der Waals surface area contributed by atoms with E-state index in [1.54, 1.807) is 7.05 Å². The van der Waals surface area contributed by atoms with Crippen LogP contribution in [0.1, 0.15) is 32.1 Å². The van der Waals surface area contributed by atoms with Gasteiger partial charge in [-0.3, -0.25) is 4.79 Å². The summed E-state index contributed by atoms with van der Waals surface area (Å²) in [5.74, 6) is 0.160. The lowest BCUT2D eigenvalue weighted by Crippen LogP contribution is -2.52. The summed E-state index contributed by atoms with van der Waals surface area (Å²) in [5.41, 5.74) is 5.49. The lowest BCUT2D eigenvalue weighted by molar-refractivity contribution is -0.134. The van der Waals surface area contributed by atoms with E-state index < -0.39 is 0 Å². The fourth-order valence-electron chi connectivity index (χ4n) is 2.61. The molecule has 0 aromatic rings. The third kappa shape index (κ3) is 5.89. The van der Waals surface area contributed by atoms with Crippen molar-refractivity contribution in [2.45, 2.75) is 44.2 Å². The molecule has 1 heterocycles. The van der Waals surface area contributed by atoms with Gasteiger partial charge in [-0.1, -0.05) is 6.42 Å². The number of piperidine rings is 1. The van der Waals surface area contributed by atoms with Gasteiger partial charge in [-0.05, 0) is 39.3 Å². The van der Waals surface area contributed by atoms with E-state index in [2.05, 4.69) is 16.0 Å². The number of likely N-dealkylation sites (tertiary alicyclic amines) is 1. The molecule has 0 spiro atoms. The Hall–Kier alpha value is -1.34. The topological polar surface area (TPSA) is 99.5 Å². The molecule has 1 atom stereocenters. The number of urea groups is 1. The lowest BCUT2D eigenvalue weighted by Gasteiger charge is -2.34. The van der Waals surface area contributed by atoms with E-state index >= 15 is 0 Å².